The van der Waals surface area contributed by atoms with Gasteiger partial charge in [0.2, 0.25) is 0 Å². The molecule has 2 atom stereocenters. The number of carbonyl (C=O) groups excluding carboxylic acids is 1. The molecule has 0 radical (unpaired) electrons. The van der Waals surface area contributed by atoms with Gasteiger partial charge in [0.15, 0.2) is 0 Å². The van der Waals surface area contributed by atoms with Crippen LogP contribution in [-0.2, 0) is 20.8 Å². The monoisotopic (exact) mass is 505 g/mol. The average molecular weight is 506 g/mol. The van der Waals surface area contributed by atoms with Crippen molar-refractivity contribution >= 4 is 5.91 Å². The van der Waals surface area contributed by atoms with Gasteiger partial charge in [-0.25, -0.2) is 0 Å². The minimum Gasteiger partial charge on any atom is -0.378 e. The van der Waals surface area contributed by atoms with E-state index in [1.807, 2.05) is 30.0 Å². The number of ether oxygens (including phenoxy) is 3. The number of piperidine rings is 1. The number of halogens is 3. The van der Waals surface area contributed by atoms with Crippen molar-refractivity contribution in [2.24, 2.45) is 0 Å². The molecule has 196 valence electrons. The number of amides is 1. The number of carbonyl (C=O) groups is 1. The SMILES string of the molecule is CCOC1CC(c2ccccc2)OC2(CCN(C(=O)c3ccc(COCCC(F)(F)F)cc3)CC2)C1. The molecular weight excluding hydrogens is 471 g/mol. The van der Waals surface area contributed by atoms with Gasteiger partial charge in [-0.15, -0.1) is 0 Å². The highest BCUT2D eigenvalue weighted by atomic mass is 19.4. The third-order valence-corrected chi connectivity index (χ3v) is 7.00. The largest absolute Gasteiger partial charge is 0.391 e. The number of hydrogen-bond donors (Lipinski definition) is 0. The summed E-state index contributed by atoms with van der Waals surface area (Å²) in [7, 11) is 0. The summed E-state index contributed by atoms with van der Waals surface area (Å²) in [5.41, 5.74) is 2.13. The fourth-order valence-corrected chi connectivity index (χ4v) is 5.11. The Morgan fingerprint density at radius 3 is 2.42 bits per heavy atom. The Kier molecular flexibility index (Phi) is 8.70. The molecule has 1 spiro atoms. The summed E-state index contributed by atoms with van der Waals surface area (Å²) >= 11 is 0. The second-order valence-corrected chi connectivity index (χ2v) is 9.62. The smallest absolute Gasteiger partial charge is 0.378 e. The van der Waals surface area contributed by atoms with E-state index in [1.54, 1.807) is 24.3 Å². The Bertz CT molecular complexity index is 973. The number of alkyl halides is 3. The molecule has 2 aromatic rings. The van der Waals surface area contributed by atoms with Gasteiger partial charge in [-0.2, -0.15) is 13.2 Å². The third-order valence-electron chi connectivity index (χ3n) is 7.00. The Morgan fingerprint density at radius 1 is 1.08 bits per heavy atom. The molecule has 0 saturated carbocycles. The molecule has 0 aliphatic carbocycles. The summed E-state index contributed by atoms with van der Waals surface area (Å²) in [6.07, 6.45) is -1.94. The van der Waals surface area contributed by atoms with Crippen LogP contribution in [0.15, 0.2) is 54.6 Å². The second kappa shape index (κ2) is 11.8. The zero-order chi connectivity index (χ0) is 25.6. The van der Waals surface area contributed by atoms with Crippen LogP contribution in [0.3, 0.4) is 0 Å². The lowest BCUT2D eigenvalue weighted by molar-refractivity contribution is -0.190. The van der Waals surface area contributed by atoms with Crippen LogP contribution < -0.4 is 0 Å². The lowest BCUT2D eigenvalue weighted by atomic mass is 9.80. The van der Waals surface area contributed by atoms with Crippen LogP contribution in [0.4, 0.5) is 13.2 Å². The normalized spacial score (nSPS) is 22.1. The van der Waals surface area contributed by atoms with Crippen molar-refractivity contribution in [1.29, 1.82) is 0 Å². The molecule has 5 nitrogen and oxygen atoms in total. The first-order valence-electron chi connectivity index (χ1n) is 12.6. The van der Waals surface area contributed by atoms with Crippen molar-refractivity contribution in [3.8, 4) is 0 Å². The molecular formula is C28H34F3NO4. The lowest BCUT2D eigenvalue weighted by Crippen LogP contribution is -2.52. The molecule has 2 saturated heterocycles. The predicted molar refractivity (Wildman–Crippen MR) is 130 cm³/mol. The zero-order valence-corrected chi connectivity index (χ0v) is 20.6. The second-order valence-electron chi connectivity index (χ2n) is 9.62. The Morgan fingerprint density at radius 2 is 1.78 bits per heavy atom. The highest BCUT2D eigenvalue weighted by Gasteiger charge is 2.45. The van der Waals surface area contributed by atoms with Crippen molar-refractivity contribution in [3.05, 3.63) is 71.3 Å². The van der Waals surface area contributed by atoms with Crippen LogP contribution in [0.1, 0.15) is 66.6 Å². The highest BCUT2D eigenvalue weighted by molar-refractivity contribution is 5.94. The molecule has 2 aliphatic rings. The van der Waals surface area contributed by atoms with E-state index in [0.29, 0.717) is 25.3 Å². The number of nitrogens with zero attached hydrogens (tertiary/aromatic N) is 1. The highest BCUT2D eigenvalue weighted by Crippen LogP contribution is 2.44. The fourth-order valence-electron chi connectivity index (χ4n) is 5.11. The lowest BCUT2D eigenvalue weighted by Gasteiger charge is -2.48. The first kappa shape index (κ1) is 26.6. The van der Waals surface area contributed by atoms with Crippen LogP contribution in [0.25, 0.3) is 0 Å². The number of likely N-dealkylation sites (tertiary alicyclic amines) is 1. The van der Waals surface area contributed by atoms with E-state index < -0.39 is 12.6 Å². The van der Waals surface area contributed by atoms with Gasteiger partial charge in [-0.05, 0) is 43.0 Å². The van der Waals surface area contributed by atoms with Crippen LogP contribution in [0.5, 0.6) is 0 Å². The molecule has 0 N–H and O–H groups in total. The molecule has 2 fully saturated rings. The van der Waals surface area contributed by atoms with Gasteiger partial charge < -0.3 is 19.1 Å². The van der Waals surface area contributed by atoms with E-state index in [9.17, 15) is 18.0 Å². The quantitative estimate of drug-likeness (QED) is 0.408. The fraction of sp³-hybridized carbons (Fsp3) is 0.536. The topological polar surface area (TPSA) is 48.0 Å². The number of rotatable bonds is 8. The van der Waals surface area contributed by atoms with Crippen molar-refractivity contribution in [2.75, 3.05) is 26.3 Å². The van der Waals surface area contributed by atoms with Gasteiger partial charge in [-0.3, -0.25) is 4.79 Å². The summed E-state index contributed by atoms with van der Waals surface area (Å²) in [5, 5.41) is 0. The maximum absolute atomic E-state index is 13.1. The van der Waals surface area contributed by atoms with E-state index in [-0.39, 0.29) is 36.9 Å². The Labute approximate surface area is 210 Å². The molecule has 0 aromatic heterocycles. The van der Waals surface area contributed by atoms with Crippen molar-refractivity contribution in [2.45, 2.75) is 69.6 Å². The van der Waals surface area contributed by atoms with E-state index >= 15 is 0 Å². The minimum absolute atomic E-state index is 0.0235. The molecule has 2 aliphatic heterocycles. The van der Waals surface area contributed by atoms with Crippen LogP contribution >= 0.6 is 0 Å². The number of hydrogen-bond acceptors (Lipinski definition) is 4. The minimum atomic E-state index is -4.22. The average Bonchev–Trinajstić information content (AvgIpc) is 2.87. The van der Waals surface area contributed by atoms with Gasteiger partial charge in [0.25, 0.3) is 5.91 Å². The van der Waals surface area contributed by atoms with Gasteiger partial charge in [0.1, 0.15) is 0 Å². The van der Waals surface area contributed by atoms with E-state index in [0.717, 1.165) is 36.8 Å². The van der Waals surface area contributed by atoms with Crippen LogP contribution in [0.2, 0.25) is 0 Å². The van der Waals surface area contributed by atoms with Gasteiger partial charge in [0, 0.05) is 38.1 Å². The summed E-state index contributed by atoms with van der Waals surface area (Å²) in [5.74, 6) is -0.0498. The molecule has 1 amide bonds. The van der Waals surface area contributed by atoms with Crippen molar-refractivity contribution in [1.82, 2.24) is 4.90 Å². The standard InChI is InChI=1S/C28H34F3NO4/c1-2-35-24-18-25(22-6-4-3-5-7-22)36-27(19-24)12-15-32(16-13-27)26(33)23-10-8-21(9-11-23)20-34-17-14-28(29,30)31/h3-11,24-25H,2,12-20H2,1H3. The molecule has 2 aromatic carbocycles. The third kappa shape index (κ3) is 7.08. The molecule has 2 unspecified atom stereocenters. The Hall–Kier alpha value is -2.42. The van der Waals surface area contributed by atoms with E-state index in [4.69, 9.17) is 14.2 Å². The van der Waals surface area contributed by atoms with E-state index in [2.05, 4.69) is 12.1 Å². The zero-order valence-electron chi connectivity index (χ0n) is 20.6. The molecule has 4 rings (SSSR count). The first-order valence-corrected chi connectivity index (χ1v) is 12.6. The van der Waals surface area contributed by atoms with Crippen molar-refractivity contribution in [3.63, 3.8) is 0 Å². The van der Waals surface area contributed by atoms with E-state index in [1.165, 1.54) is 0 Å². The Balaban J connectivity index is 1.33. The van der Waals surface area contributed by atoms with Crippen LogP contribution in [-0.4, -0.2) is 55.0 Å². The maximum atomic E-state index is 13.1. The summed E-state index contributed by atoms with van der Waals surface area (Å²) < 4.78 is 54.5. The summed E-state index contributed by atoms with van der Waals surface area (Å²) in [6, 6.07) is 17.1. The molecule has 8 heteroatoms. The van der Waals surface area contributed by atoms with Gasteiger partial charge >= 0.3 is 6.18 Å². The first-order chi connectivity index (χ1) is 17.3. The van der Waals surface area contributed by atoms with Crippen LogP contribution in [0, 0.1) is 0 Å². The van der Waals surface area contributed by atoms with Crippen molar-refractivity contribution < 1.29 is 32.2 Å². The molecule has 0 bridgehead atoms. The van der Waals surface area contributed by atoms with Gasteiger partial charge in [0.05, 0.1) is 37.4 Å². The predicted octanol–water partition coefficient (Wildman–Crippen LogP) is 6.09. The molecule has 36 heavy (non-hydrogen) atoms. The summed E-state index contributed by atoms with van der Waals surface area (Å²) in [6.45, 7) is 3.58. The number of benzene rings is 2. The molecule has 2 heterocycles. The van der Waals surface area contributed by atoms with Gasteiger partial charge in [-0.1, -0.05) is 42.5 Å². The maximum Gasteiger partial charge on any atom is 0.391 e. The summed E-state index contributed by atoms with van der Waals surface area (Å²) in [4.78, 5) is 15.0.